The van der Waals surface area contributed by atoms with Crippen LogP contribution in [0.4, 0.5) is 0 Å². The van der Waals surface area contributed by atoms with Crippen LogP contribution in [0.1, 0.15) is 143 Å². The second-order valence-electron chi connectivity index (χ2n) is 8.58. The van der Waals surface area contributed by atoms with Gasteiger partial charge in [0.05, 0.1) is 0 Å². The zero-order valence-corrected chi connectivity index (χ0v) is 19.7. The number of hydrogen-bond acceptors (Lipinski definition) is 2. The molecular formula is C25H52N2O. The maximum Gasteiger partial charge on any atom is 0.234 e. The molecule has 0 aromatic heterocycles. The van der Waals surface area contributed by atoms with Crippen LogP contribution in [0.15, 0.2) is 0 Å². The van der Waals surface area contributed by atoms with Crippen molar-refractivity contribution in [2.75, 3.05) is 13.1 Å². The third-order valence-corrected chi connectivity index (χ3v) is 5.57. The van der Waals surface area contributed by atoms with Gasteiger partial charge in [-0.1, -0.05) is 117 Å². The van der Waals surface area contributed by atoms with Crippen LogP contribution in [0.3, 0.4) is 0 Å². The van der Waals surface area contributed by atoms with Gasteiger partial charge >= 0.3 is 0 Å². The summed E-state index contributed by atoms with van der Waals surface area (Å²) in [5.74, 6) is 0.208. The van der Waals surface area contributed by atoms with Crippen LogP contribution in [-0.4, -0.2) is 24.0 Å². The van der Waals surface area contributed by atoms with Crippen molar-refractivity contribution in [1.29, 1.82) is 0 Å². The number of hydrogen-bond donors (Lipinski definition) is 1. The largest absolute Gasteiger partial charge is 0.289 e. The van der Waals surface area contributed by atoms with Crippen LogP contribution >= 0.6 is 0 Å². The fraction of sp³-hybridized carbons (Fsp3) is 0.960. The highest BCUT2D eigenvalue weighted by Gasteiger charge is 2.07. The summed E-state index contributed by atoms with van der Waals surface area (Å²) in [6, 6.07) is 0. The van der Waals surface area contributed by atoms with E-state index in [1.807, 2.05) is 0 Å². The molecule has 0 saturated carbocycles. The Morgan fingerprint density at radius 1 is 0.536 bits per heavy atom. The van der Waals surface area contributed by atoms with E-state index >= 15 is 0 Å². The lowest BCUT2D eigenvalue weighted by molar-refractivity contribution is -0.126. The fourth-order valence-electron chi connectivity index (χ4n) is 3.73. The Labute approximate surface area is 177 Å². The first-order valence-electron chi connectivity index (χ1n) is 12.8. The van der Waals surface area contributed by atoms with Gasteiger partial charge in [-0.15, -0.1) is 0 Å². The maximum absolute atomic E-state index is 12.1. The predicted molar refractivity (Wildman–Crippen MR) is 124 cm³/mol. The molecular weight excluding hydrogens is 344 g/mol. The summed E-state index contributed by atoms with van der Waals surface area (Å²) in [7, 11) is 0. The molecule has 1 amide bonds. The average Bonchev–Trinajstić information content (AvgIpc) is 2.69. The van der Waals surface area contributed by atoms with Crippen molar-refractivity contribution in [3.8, 4) is 0 Å². The van der Waals surface area contributed by atoms with Gasteiger partial charge < -0.3 is 0 Å². The maximum atomic E-state index is 12.1. The van der Waals surface area contributed by atoms with E-state index in [4.69, 9.17) is 0 Å². The second-order valence-corrected chi connectivity index (χ2v) is 8.58. The Balaban J connectivity index is 3.34. The highest BCUT2D eigenvalue weighted by molar-refractivity contribution is 5.75. The van der Waals surface area contributed by atoms with Gasteiger partial charge in [-0.05, 0) is 19.3 Å². The number of unbranched alkanes of at least 4 members (excludes halogenated alkanes) is 15. The first-order valence-corrected chi connectivity index (χ1v) is 12.8. The van der Waals surface area contributed by atoms with Crippen molar-refractivity contribution >= 4 is 5.91 Å². The monoisotopic (exact) mass is 396 g/mol. The van der Waals surface area contributed by atoms with Crippen molar-refractivity contribution in [2.45, 2.75) is 143 Å². The molecule has 0 fully saturated rings. The van der Waals surface area contributed by atoms with E-state index in [-0.39, 0.29) is 5.91 Å². The number of carbonyl (C=O) groups is 1. The Hall–Kier alpha value is -0.570. The average molecular weight is 397 g/mol. The Bertz CT molecular complexity index is 320. The van der Waals surface area contributed by atoms with Crippen molar-refractivity contribution in [1.82, 2.24) is 10.4 Å². The van der Waals surface area contributed by atoms with Gasteiger partial charge in [0.15, 0.2) is 0 Å². The van der Waals surface area contributed by atoms with Gasteiger partial charge in [0, 0.05) is 19.5 Å². The standard InChI is InChI=1S/C25H52N2O/c1-4-7-9-10-11-12-13-14-15-16-17-18-19-20-21-22-25(28)26-27(23-6-3)24-8-5-2/h4-24H2,1-3H3,(H,26,28). The summed E-state index contributed by atoms with van der Waals surface area (Å²) >= 11 is 0. The molecule has 0 spiro atoms. The molecule has 1 N–H and O–H groups in total. The molecule has 0 aromatic carbocycles. The van der Waals surface area contributed by atoms with Gasteiger partial charge in [0.1, 0.15) is 0 Å². The Morgan fingerprint density at radius 3 is 1.39 bits per heavy atom. The predicted octanol–water partition coefficient (Wildman–Crippen LogP) is 7.79. The number of carbonyl (C=O) groups excluding carboxylic acids is 1. The van der Waals surface area contributed by atoms with Gasteiger partial charge in [-0.2, -0.15) is 0 Å². The lowest BCUT2D eigenvalue weighted by atomic mass is 10.0. The van der Waals surface area contributed by atoms with E-state index in [0.717, 1.165) is 32.4 Å². The summed E-state index contributed by atoms with van der Waals surface area (Å²) in [6.45, 7) is 8.59. The molecule has 28 heavy (non-hydrogen) atoms. The molecule has 0 aromatic rings. The summed E-state index contributed by atoms with van der Waals surface area (Å²) in [4.78, 5) is 12.1. The minimum atomic E-state index is 0.208. The Kier molecular flexibility index (Phi) is 22.3. The molecule has 0 unspecified atom stereocenters. The number of rotatable bonds is 22. The molecule has 0 aliphatic rings. The van der Waals surface area contributed by atoms with Crippen LogP contribution < -0.4 is 5.43 Å². The zero-order chi connectivity index (χ0) is 20.7. The molecule has 0 heterocycles. The highest BCUT2D eigenvalue weighted by Crippen LogP contribution is 2.13. The van der Waals surface area contributed by atoms with Crippen molar-refractivity contribution in [2.24, 2.45) is 0 Å². The van der Waals surface area contributed by atoms with E-state index in [1.54, 1.807) is 0 Å². The molecule has 0 atom stereocenters. The summed E-state index contributed by atoms with van der Waals surface area (Å²) < 4.78 is 0. The summed E-state index contributed by atoms with van der Waals surface area (Å²) in [5, 5.41) is 2.11. The number of amides is 1. The number of nitrogens with zero attached hydrogens (tertiary/aromatic N) is 1. The summed E-state index contributed by atoms with van der Waals surface area (Å²) in [6.07, 6.45) is 24.6. The van der Waals surface area contributed by atoms with E-state index < -0.39 is 0 Å². The normalized spacial score (nSPS) is 11.3. The lowest BCUT2D eigenvalue weighted by Crippen LogP contribution is -2.43. The smallest absolute Gasteiger partial charge is 0.234 e. The van der Waals surface area contributed by atoms with Crippen LogP contribution in [-0.2, 0) is 4.79 Å². The first kappa shape index (κ1) is 27.4. The number of nitrogens with one attached hydrogen (secondary N) is 1. The van der Waals surface area contributed by atoms with E-state index in [2.05, 4.69) is 31.2 Å². The van der Waals surface area contributed by atoms with Crippen LogP contribution in [0.25, 0.3) is 0 Å². The van der Waals surface area contributed by atoms with Gasteiger partial charge in [-0.3, -0.25) is 10.2 Å². The molecule has 0 saturated heterocycles. The van der Waals surface area contributed by atoms with Crippen LogP contribution in [0.5, 0.6) is 0 Å². The molecule has 0 aliphatic heterocycles. The van der Waals surface area contributed by atoms with Crippen molar-refractivity contribution in [3.63, 3.8) is 0 Å². The van der Waals surface area contributed by atoms with Crippen LogP contribution in [0.2, 0.25) is 0 Å². The van der Waals surface area contributed by atoms with Crippen molar-refractivity contribution < 1.29 is 4.79 Å². The fourth-order valence-corrected chi connectivity index (χ4v) is 3.73. The lowest BCUT2D eigenvalue weighted by Gasteiger charge is -2.22. The van der Waals surface area contributed by atoms with Gasteiger partial charge in [-0.25, -0.2) is 5.01 Å². The van der Waals surface area contributed by atoms with E-state index in [0.29, 0.717) is 6.42 Å². The molecule has 0 rings (SSSR count). The first-order chi connectivity index (χ1) is 13.7. The molecule has 0 radical (unpaired) electrons. The molecule has 0 bridgehead atoms. The number of hydrazine groups is 1. The quantitative estimate of drug-likeness (QED) is 0.150. The van der Waals surface area contributed by atoms with Crippen molar-refractivity contribution in [3.05, 3.63) is 0 Å². The van der Waals surface area contributed by atoms with Crippen LogP contribution in [0, 0.1) is 0 Å². The molecule has 3 heteroatoms. The van der Waals surface area contributed by atoms with Gasteiger partial charge in [0.25, 0.3) is 0 Å². The third kappa shape index (κ3) is 20.2. The minimum Gasteiger partial charge on any atom is -0.289 e. The minimum absolute atomic E-state index is 0.208. The third-order valence-electron chi connectivity index (χ3n) is 5.57. The second kappa shape index (κ2) is 22.7. The highest BCUT2D eigenvalue weighted by atomic mass is 16.2. The summed E-state index contributed by atoms with van der Waals surface area (Å²) in [5.41, 5.74) is 3.10. The SMILES string of the molecule is CCCCCCCCCCCCCCCCCC(=O)NN(CCC)CCCC. The molecule has 3 nitrogen and oxygen atoms in total. The van der Waals surface area contributed by atoms with E-state index in [9.17, 15) is 4.79 Å². The Morgan fingerprint density at radius 2 is 0.964 bits per heavy atom. The topological polar surface area (TPSA) is 32.3 Å². The van der Waals surface area contributed by atoms with Gasteiger partial charge in [0.2, 0.25) is 5.91 Å². The molecule has 0 aliphatic carbocycles. The molecule has 168 valence electrons. The van der Waals surface area contributed by atoms with E-state index in [1.165, 1.54) is 96.3 Å². The zero-order valence-electron chi connectivity index (χ0n) is 19.7.